The Bertz CT molecular complexity index is 1430. The van der Waals surface area contributed by atoms with Crippen LogP contribution in [-0.4, -0.2) is 28.0 Å². The maximum absolute atomic E-state index is 13.9. The van der Waals surface area contributed by atoms with Crippen LogP contribution in [0.3, 0.4) is 0 Å². The van der Waals surface area contributed by atoms with Gasteiger partial charge in [-0.2, -0.15) is 0 Å². The topological polar surface area (TPSA) is 72.2 Å². The van der Waals surface area contributed by atoms with Crippen molar-refractivity contribution < 1.29 is 13.9 Å². The number of fused-ring (bicyclic) bond motifs is 2. The van der Waals surface area contributed by atoms with Gasteiger partial charge in [0.1, 0.15) is 5.82 Å². The number of methoxy groups -OCH3 is 1. The standard InChI is InChI=1S/C27H25FN4O2/c1-27(29-2,26-31-23-10-6-17(25(33)34-3)14-24(23)32-26)18-7-4-16(5-8-18)20-12-13-30-22-11-9-19(28)15-21(20)22/h6,9-16,18H,4-5,7-8H2,1,3H3,(H,31,32). The van der Waals surface area contributed by atoms with E-state index in [2.05, 4.69) is 14.8 Å². The fourth-order valence-corrected chi connectivity index (χ4v) is 5.29. The third kappa shape index (κ3) is 3.69. The van der Waals surface area contributed by atoms with Crippen LogP contribution in [0.5, 0.6) is 0 Å². The SMILES string of the molecule is [C-]#[N+]C(C)(c1nc2ccc(C(=O)OC)cc2[nH]1)C1CCC(c2ccnc3ccc(F)cc23)CC1. The quantitative estimate of drug-likeness (QED) is 0.295. The average molecular weight is 457 g/mol. The second-order valence-corrected chi connectivity index (χ2v) is 9.18. The van der Waals surface area contributed by atoms with Crippen LogP contribution >= 0.6 is 0 Å². The number of hydrogen-bond acceptors (Lipinski definition) is 4. The molecule has 0 bridgehead atoms. The third-order valence-corrected chi connectivity index (χ3v) is 7.31. The number of aromatic nitrogens is 3. The summed E-state index contributed by atoms with van der Waals surface area (Å²) in [5, 5.41) is 0.873. The molecule has 34 heavy (non-hydrogen) atoms. The summed E-state index contributed by atoms with van der Waals surface area (Å²) in [6, 6.07) is 11.9. The van der Waals surface area contributed by atoms with E-state index in [0.29, 0.717) is 22.8 Å². The lowest BCUT2D eigenvalue weighted by molar-refractivity contribution is 0.0601. The predicted octanol–water partition coefficient (Wildman–Crippen LogP) is 6.15. The number of esters is 1. The minimum absolute atomic E-state index is 0.131. The Morgan fingerprint density at radius 2 is 1.91 bits per heavy atom. The zero-order valence-corrected chi connectivity index (χ0v) is 19.1. The molecule has 0 saturated heterocycles. The summed E-state index contributed by atoms with van der Waals surface area (Å²) in [6.07, 6.45) is 5.36. The number of nitrogens with zero attached hydrogens (tertiary/aromatic N) is 3. The van der Waals surface area contributed by atoms with Gasteiger partial charge in [0.05, 0.1) is 29.2 Å². The van der Waals surface area contributed by atoms with E-state index in [1.807, 2.05) is 13.0 Å². The molecule has 2 heterocycles. The van der Waals surface area contributed by atoms with Gasteiger partial charge in [-0.25, -0.2) is 20.7 Å². The molecular weight excluding hydrogens is 431 g/mol. The number of H-pyrrole nitrogens is 1. The highest BCUT2D eigenvalue weighted by molar-refractivity contribution is 5.93. The number of hydrogen-bond donors (Lipinski definition) is 1. The minimum atomic E-state index is -0.804. The number of ether oxygens (including phenoxy) is 1. The monoisotopic (exact) mass is 456 g/mol. The van der Waals surface area contributed by atoms with Crippen molar-refractivity contribution in [3.05, 3.63) is 82.8 Å². The third-order valence-electron chi connectivity index (χ3n) is 7.31. The molecule has 1 fully saturated rings. The van der Waals surface area contributed by atoms with E-state index in [1.54, 1.807) is 36.5 Å². The van der Waals surface area contributed by atoms with Gasteiger partial charge in [0.25, 0.3) is 5.54 Å². The molecule has 4 aromatic rings. The number of carbonyl (C=O) groups excluding carboxylic acids is 1. The van der Waals surface area contributed by atoms with Crippen LogP contribution in [0.1, 0.15) is 60.3 Å². The van der Waals surface area contributed by atoms with Gasteiger partial charge < -0.3 is 14.6 Å². The van der Waals surface area contributed by atoms with Crippen LogP contribution in [0.25, 0.3) is 26.8 Å². The maximum Gasteiger partial charge on any atom is 0.337 e. The van der Waals surface area contributed by atoms with Crippen molar-refractivity contribution >= 4 is 27.9 Å². The molecule has 1 N–H and O–H groups in total. The van der Waals surface area contributed by atoms with Crippen LogP contribution in [-0.2, 0) is 10.3 Å². The normalized spacial score (nSPS) is 20.1. The molecule has 6 nitrogen and oxygen atoms in total. The van der Waals surface area contributed by atoms with Gasteiger partial charge in [-0.3, -0.25) is 4.98 Å². The number of aromatic amines is 1. The average Bonchev–Trinajstić information content (AvgIpc) is 3.31. The largest absolute Gasteiger partial charge is 0.465 e. The minimum Gasteiger partial charge on any atom is -0.465 e. The fourth-order valence-electron chi connectivity index (χ4n) is 5.29. The molecule has 1 aliphatic carbocycles. The van der Waals surface area contributed by atoms with Crippen molar-refractivity contribution in [1.29, 1.82) is 0 Å². The molecular formula is C27H25FN4O2. The second-order valence-electron chi connectivity index (χ2n) is 9.18. The van der Waals surface area contributed by atoms with Gasteiger partial charge in [-0.1, -0.05) is 0 Å². The molecule has 0 amide bonds. The van der Waals surface area contributed by atoms with Gasteiger partial charge in [0.15, 0.2) is 5.82 Å². The van der Waals surface area contributed by atoms with Crippen molar-refractivity contribution in [3.8, 4) is 0 Å². The summed E-state index contributed by atoms with van der Waals surface area (Å²) in [6.45, 7) is 9.98. The number of benzene rings is 2. The number of rotatable bonds is 4. The van der Waals surface area contributed by atoms with Crippen molar-refractivity contribution in [3.63, 3.8) is 0 Å². The summed E-state index contributed by atoms with van der Waals surface area (Å²) in [4.78, 5) is 28.3. The summed E-state index contributed by atoms with van der Waals surface area (Å²) in [7, 11) is 1.35. The lowest BCUT2D eigenvalue weighted by atomic mass is 9.70. The Morgan fingerprint density at radius 3 is 2.65 bits per heavy atom. The first-order chi connectivity index (χ1) is 16.4. The Balaban J connectivity index is 1.40. The van der Waals surface area contributed by atoms with E-state index < -0.39 is 11.5 Å². The lowest BCUT2D eigenvalue weighted by Crippen LogP contribution is -2.33. The van der Waals surface area contributed by atoms with Gasteiger partial charge in [-0.05, 0) is 79.6 Å². The number of pyridine rings is 1. The van der Waals surface area contributed by atoms with Crippen molar-refractivity contribution in [2.45, 2.75) is 44.1 Å². The van der Waals surface area contributed by atoms with E-state index in [9.17, 15) is 9.18 Å². The number of nitrogens with one attached hydrogen (secondary N) is 1. The van der Waals surface area contributed by atoms with Crippen molar-refractivity contribution in [2.24, 2.45) is 5.92 Å². The lowest BCUT2D eigenvalue weighted by Gasteiger charge is -2.33. The van der Waals surface area contributed by atoms with Crippen molar-refractivity contribution in [2.75, 3.05) is 7.11 Å². The van der Waals surface area contributed by atoms with E-state index in [4.69, 9.17) is 16.3 Å². The van der Waals surface area contributed by atoms with Crippen LogP contribution in [0.4, 0.5) is 4.39 Å². The van der Waals surface area contributed by atoms with Gasteiger partial charge in [0.2, 0.25) is 0 Å². The summed E-state index contributed by atoms with van der Waals surface area (Å²) in [5.41, 5.74) is 3.01. The summed E-state index contributed by atoms with van der Waals surface area (Å²) >= 11 is 0. The van der Waals surface area contributed by atoms with Crippen LogP contribution in [0, 0.1) is 18.3 Å². The van der Waals surface area contributed by atoms with E-state index in [0.717, 1.165) is 47.7 Å². The van der Waals surface area contributed by atoms with Gasteiger partial charge in [-0.15, -0.1) is 0 Å². The highest BCUT2D eigenvalue weighted by atomic mass is 19.1. The highest BCUT2D eigenvalue weighted by Gasteiger charge is 2.46. The van der Waals surface area contributed by atoms with Gasteiger partial charge >= 0.3 is 5.97 Å². The smallest absolute Gasteiger partial charge is 0.337 e. The van der Waals surface area contributed by atoms with Crippen LogP contribution in [0.15, 0.2) is 48.7 Å². The molecule has 1 saturated carbocycles. The maximum atomic E-state index is 13.9. The number of halogens is 1. The summed E-state index contributed by atoms with van der Waals surface area (Å²) in [5.74, 6) is 0.395. The molecule has 0 aliphatic heterocycles. The highest BCUT2D eigenvalue weighted by Crippen LogP contribution is 2.46. The molecule has 172 valence electrons. The van der Waals surface area contributed by atoms with Crippen LogP contribution < -0.4 is 0 Å². The zero-order valence-electron chi connectivity index (χ0n) is 19.1. The van der Waals surface area contributed by atoms with E-state index in [1.165, 1.54) is 13.2 Å². The predicted molar refractivity (Wildman–Crippen MR) is 128 cm³/mol. The molecule has 1 aliphatic rings. The second kappa shape index (κ2) is 8.53. The summed E-state index contributed by atoms with van der Waals surface area (Å²) < 4.78 is 18.7. The van der Waals surface area contributed by atoms with E-state index >= 15 is 0 Å². The Morgan fingerprint density at radius 1 is 1.15 bits per heavy atom. The zero-order chi connectivity index (χ0) is 23.9. The van der Waals surface area contributed by atoms with E-state index in [-0.39, 0.29) is 11.7 Å². The molecule has 7 heteroatoms. The number of carbonyl (C=O) groups is 1. The fraction of sp³-hybridized carbons (Fsp3) is 0.333. The molecule has 0 spiro atoms. The first-order valence-electron chi connectivity index (χ1n) is 11.4. The first-order valence-corrected chi connectivity index (χ1v) is 11.4. The van der Waals surface area contributed by atoms with Crippen LogP contribution in [0.2, 0.25) is 0 Å². The molecule has 5 rings (SSSR count). The molecule has 2 aromatic heterocycles. The molecule has 0 radical (unpaired) electrons. The van der Waals surface area contributed by atoms with Crippen molar-refractivity contribution in [1.82, 2.24) is 15.0 Å². The number of imidazole rings is 1. The Labute approximate surface area is 197 Å². The first kappa shape index (κ1) is 22.0. The molecule has 1 atom stereocenters. The Kier molecular flexibility index (Phi) is 5.52. The van der Waals surface area contributed by atoms with Gasteiger partial charge in [0, 0.05) is 24.4 Å². The Hall–Kier alpha value is -3.79. The molecule has 2 aromatic carbocycles. The molecule has 1 unspecified atom stereocenters.